The molecule has 1 aliphatic rings. The van der Waals surface area contributed by atoms with Crippen LogP contribution in [-0.2, 0) is 0 Å². The van der Waals surface area contributed by atoms with Gasteiger partial charge in [-0.3, -0.25) is 0 Å². The molecule has 0 saturated carbocycles. The van der Waals surface area contributed by atoms with Gasteiger partial charge in [-0.05, 0) is 18.4 Å². The highest BCUT2D eigenvalue weighted by molar-refractivity contribution is 6.30. The quantitative estimate of drug-likeness (QED) is 0.493. The first kappa shape index (κ1) is 6.81. The fourth-order valence-electron chi connectivity index (χ4n) is 0.787. The van der Waals surface area contributed by atoms with Crippen LogP contribution in [0.25, 0.3) is 0 Å². The smallest absolute Gasteiger partial charge is 0.137 e. The molecule has 0 spiro atoms. The van der Waals surface area contributed by atoms with Crippen molar-refractivity contribution in [3.8, 4) is 0 Å². The summed E-state index contributed by atoms with van der Waals surface area (Å²) in [6.07, 6.45) is 3.89. The van der Waals surface area contributed by atoms with Gasteiger partial charge < -0.3 is 0 Å². The highest BCUT2D eigenvalue weighted by atomic mass is 35.5. The van der Waals surface area contributed by atoms with E-state index in [1.165, 1.54) is 6.08 Å². The molecule has 0 fully saturated rings. The molecular formula is C7H8ClF. The molecule has 1 unspecified atom stereocenters. The van der Waals surface area contributed by atoms with Gasteiger partial charge in [-0.25, -0.2) is 4.39 Å². The fourth-order valence-corrected chi connectivity index (χ4v) is 1.09. The van der Waals surface area contributed by atoms with Crippen LogP contribution < -0.4 is 0 Å². The number of rotatable bonds is 0. The van der Waals surface area contributed by atoms with Gasteiger partial charge in [-0.15, -0.1) is 0 Å². The molecule has 0 aromatic rings. The Morgan fingerprint density at radius 1 is 1.78 bits per heavy atom. The summed E-state index contributed by atoms with van der Waals surface area (Å²) in [4.78, 5) is 0. The first-order valence-electron chi connectivity index (χ1n) is 2.92. The molecule has 0 nitrogen and oxygen atoms in total. The Morgan fingerprint density at radius 2 is 2.44 bits per heavy atom. The largest absolute Gasteiger partial charge is 0.206 e. The molecular weight excluding hydrogens is 139 g/mol. The van der Waals surface area contributed by atoms with E-state index >= 15 is 0 Å². The highest BCUT2D eigenvalue weighted by Gasteiger charge is 2.09. The third-order valence-electron chi connectivity index (χ3n) is 1.33. The first-order valence-corrected chi connectivity index (χ1v) is 3.30. The van der Waals surface area contributed by atoms with E-state index in [9.17, 15) is 4.39 Å². The lowest BCUT2D eigenvalue weighted by Gasteiger charge is -2.09. The molecule has 2 heteroatoms. The lowest BCUT2D eigenvalue weighted by Crippen LogP contribution is -1.95. The lowest BCUT2D eigenvalue weighted by atomic mass is 10.0. The van der Waals surface area contributed by atoms with Crippen LogP contribution in [0.1, 0.15) is 13.3 Å². The van der Waals surface area contributed by atoms with Crippen molar-refractivity contribution in [3.63, 3.8) is 0 Å². The Bertz CT molecular complexity index is 170. The summed E-state index contributed by atoms with van der Waals surface area (Å²) in [5.74, 6) is 0.103. The van der Waals surface area contributed by atoms with E-state index in [0.717, 1.165) is 0 Å². The highest BCUT2D eigenvalue weighted by Crippen LogP contribution is 2.26. The van der Waals surface area contributed by atoms with Gasteiger partial charge >= 0.3 is 0 Å². The second kappa shape index (κ2) is 2.53. The second-order valence-electron chi connectivity index (χ2n) is 2.29. The lowest BCUT2D eigenvalue weighted by molar-refractivity contribution is 0.617. The molecule has 50 valence electrons. The zero-order chi connectivity index (χ0) is 6.85. The topological polar surface area (TPSA) is 0 Å². The molecule has 0 saturated heterocycles. The molecule has 1 aliphatic carbocycles. The van der Waals surface area contributed by atoms with Crippen LogP contribution in [0.15, 0.2) is 23.0 Å². The van der Waals surface area contributed by atoms with Crippen molar-refractivity contribution in [2.24, 2.45) is 5.92 Å². The van der Waals surface area contributed by atoms with Crippen LogP contribution >= 0.6 is 11.6 Å². The molecule has 0 radical (unpaired) electrons. The first-order chi connectivity index (χ1) is 4.20. The van der Waals surface area contributed by atoms with Gasteiger partial charge in [0.25, 0.3) is 0 Å². The molecule has 0 aromatic heterocycles. The molecule has 0 amide bonds. The van der Waals surface area contributed by atoms with Crippen LogP contribution in [0.3, 0.4) is 0 Å². The van der Waals surface area contributed by atoms with Gasteiger partial charge in [-0.1, -0.05) is 24.6 Å². The van der Waals surface area contributed by atoms with Gasteiger partial charge in [0.05, 0.1) is 5.03 Å². The Hall–Kier alpha value is -0.300. The minimum Gasteiger partial charge on any atom is -0.206 e. The van der Waals surface area contributed by atoms with Crippen LogP contribution in [0.2, 0.25) is 0 Å². The fraction of sp³-hybridized carbons (Fsp3) is 0.429. The maximum atomic E-state index is 12.4. The van der Waals surface area contributed by atoms with Gasteiger partial charge in [0.2, 0.25) is 0 Å². The van der Waals surface area contributed by atoms with E-state index < -0.39 is 0 Å². The van der Waals surface area contributed by atoms with Crippen molar-refractivity contribution in [1.29, 1.82) is 0 Å². The van der Waals surface area contributed by atoms with E-state index in [2.05, 4.69) is 0 Å². The maximum Gasteiger partial charge on any atom is 0.137 e. The van der Waals surface area contributed by atoms with Gasteiger partial charge in [0.15, 0.2) is 0 Å². The Kier molecular flexibility index (Phi) is 1.91. The van der Waals surface area contributed by atoms with Crippen LogP contribution in [0, 0.1) is 5.92 Å². The predicted octanol–water partition coefficient (Wildman–Crippen LogP) is 3.00. The van der Waals surface area contributed by atoms with Crippen molar-refractivity contribution in [3.05, 3.63) is 23.0 Å². The average molecular weight is 147 g/mol. The number of hydrogen-bond donors (Lipinski definition) is 0. The minimum atomic E-state index is -0.283. The third kappa shape index (κ3) is 1.55. The molecule has 0 bridgehead atoms. The summed E-state index contributed by atoms with van der Waals surface area (Å²) in [7, 11) is 0. The van der Waals surface area contributed by atoms with Crippen LogP contribution in [0.4, 0.5) is 4.39 Å². The Labute approximate surface area is 59.0 Å². The molecule has 1 atom stereocenters. The summed E-state index contributed by atoms with van der Waals surface area (Å²) in [6.45, 7) is 2.01. The minimum absolute atomic E-state index is 0.283. The molecule has 0 aliphatic heterocycles. The molecule has 0 N–H and O–H groups in total. The van der Waals surface area contributed by atoms with Gasteiger partial charge in [0, 0.05) is 0 Å². The summed E-state index contributed by atoms with van der Waals surface area (Å²) >= 11 is 5.52. The van der Waals surface area contributed by atoms with Crippen LogP contribution in [0.5, 0.6) is 0 Å². The van der Waals surface area contributed by atoms with E-state index in [1.807, 2.05) is 13.0 Å². The van der Waals surface area contributed by atoms with E-state index in [4.69, 9.17) is 11.6 Å². The van der Waals surface area contributed by atoms with Crippen LogP contribution in [-0.4, -0.2) is 0 Å². The summed E-state index contributed by atoms with van der Waals surface area (Å²) in [5.41, 5.74) is 0. The Balaban J connectivity index is 2.75. The Morgan fingerprint density at radius 3 is 2.89 bits per heavy atom. The number of hydrogen-bond acceptors (Lipinski definition) is 0. The molecule has 0 aromatic carbocycles. The number of allylic oxidation sites excluding steroid dienone is 4. The molecule has 1 rings (SSSR count). The second-order valence-corrected chi connectivity index (χ2v) is 2.75. The normalized spacial score (nSPS) is 27.2. The van der Waals surface area contributed by atoms with Crippen molar-refractivity contribution >= 4 is 11.6 Å². The van der Waals surface area contributed by atoms with Crippen molar-refractivity contribution in [1.82, 2.24) is 0 Å². The maximum absolute atomic E-state index is 12.4. The summed E-state index contributed by atoms with van der Waals surface area (Å²) in [6, 6.07) is 0. The van der Waals surface area contributed by atoms with E-state index in [1.54, 1.807) is 0 Å². The zero-order valence-corrected chi connectivity index (χ0v) is 5.95. The predicted molar refractivity (Wildman–Crippen MR) is 36.9 cm³/mol. The van der Waals surface area contributed by atoms with Crippen molar-refractivity contribution in [2.45, 2.75) is 13.3 Å². The molecule has 9 heavy (non-hydrogen) atoms. The van der Waals surface area contributed by atoms with Gasteiger partial charge in [-0.2, -0.15) is 0 Å². The summed E-state index contributed by atoms with van der Waals surface area (Å²) < 4.78 is 12.4. The van der Waals surface area contributed by atoms with E-state index in [0.29, 0.717) is 17.4 Å². The van der Waals surface area contributed by atoms with Crippen molar-refractivity contribution < 1.29 is 4.39 Å². The van der Waals surface area contributed by atoms with E-state index in [-0.39, 0.29) is 5.83 Å². The SMILES string of the molecule is CC1C=CC(F)=C(Cl)C1. The monoisotopic (exact) mass is 146 g/mol. The standard InChI is InChI=1S/C7H8ClF/c1-5-2-3-7(9)6(8)4-5/h2-3,5H,4H2,1H3. The van der Waals surface area contributed by atoms with Crippen molar-refractivity contribution in [2.75, 3.05) is 0 Å². The van der Waals surface area contributed by atoms with Gasteiger partial charge in [0.1, 0.15) is 5.83 Å². The molecule has 0 heterocycles. The third-order valence-corrected chi connectivity index (χ3v) is 1.67. The summed E-state index contributed by atoms with van der Waals surface area (Å²) in [5, 5.41) is 0.352. The number of halogens is 2. The average Bonchev–Trinajstić information content (AvgIpc) is 1.80. The zero-order valence-electron chi connectivity index (χ0n) is 5.20.